The van der Waals surface area contributed by atoms with Crippen LogP contribution in [-0.4, -0.2) is 34.7 Å². The minimum absolute atomic E-state index is 0.402. The van der Waals surface area contributed by atoms with Gasteiger partial charge in [-0.25, -0.2) is 4.99 Å². The predicted octanol–water partition coefficient (Wildman–Crippen LogP) is 1.76. The molecule has 0 aromatic carbocycles. The van der Waals surface area contributed by atoms with E-state index in [0.717, 1.165) is 4.99 Å². The van der Waals surface area contributed by atoms with Gasteiger partial charge in [-0.15, -0.1) is 0 Å². The summed E-state index contributed by atoms with van der Waals surface area (Å²) in [4.78, 5) is 6.57. The Hall–Kier alpha value is -0.310. The summed E-state index contributed by atoms with van der Waals surface area (Å²) in [6.45, 7) is 3.82. The molecule has 0 atom stereocenters. The van der Waals surface area contributed by atoms with Crippen molar-refractivity contribution in [2.24, 2.45) is 4.99 Å². The summed E-state index contributed by atoms with van der Waals surface area (Å²) in [7, 11) is 3.78. The number of nitrogens with zero attached hydrogens (tertiary/aromatic N) is 2. The first-order valence-electron chi connectivity index (χ1n) is 3.22. The molecule has 0 radical (unpaired) electrons. The van der Waals surface area contributed by atoms with Crippen molar-refractivity contribution in [1.82, 2.24) is 4.90 Å². The lowest BCUT2D eigenvalue weighted by molar-refractivity contribution is 0.555. The highest BCUT2D eigenvalue weighted by Crippen LogP contribution is 2.12. The molecule has 0 aliphatic rings. The fourth-order valence-electron chi connectivity index (χ4n) is 0.709. The second-order valence-corrected chi connectivity index (χ2v) is 3.53. The number of aliphatic imine (C=N–C) groups is 1. The molecule has 0 spiro atoms. The van der Waals surface area contributed by atoms with Gasteiger partial charge in [0.05, 0.1) is 5.16 Å². The second kappa shape index (κ2) is 3.90. The van der Waals surface area contributed by atoms with Crippen LogP contribution in [0.15, 0.2) is 4.99 Å². The first kappa shape index (κ1) is 10.7. The maximum Gasteiger partial charge on any atom is 0.115 e. The van der Waals surface area contributed by atoms with Gasteiger partial charge in [-0.05, 0) is 26.1 Å². The summed E-state index contributed by atoms with van der Waals surface area (Å²) in [5.74, 6) is 0. The van der Waals surface area contributed by atoms with E-state index >= 15 is 0 Å². The van der Waals surface area contributed by atoms with E-state index in [2.05, 4.69) is 22.4 Å². The Morgan fingerprint density at radius 3 is 2.18 bits per heavy atom. The molecule has 4 heteroatoms. The first-order valence-corrected chi connectivity index (χ1v) is 4.04. The van der Waals surface area contributed by atoms with Gasteiger partial charge in [0.2, 0.25) is 0 Å². The van der Waals surface area contributed by atoms with E-state index < -0.39 is 5.54 Å². The van der Waals surface area contributed by atoms with Crippen LogP contribution in [0.4, 0.5) is 0 Å². The van der Waals surface area contributed by atoms with Crippen LogP contribution in [0.5, 0.6) is 0 Å². The number of rotatable bonds is 2. The number of hydrogen-bond acceptors (Lipinski definition) is 3. The average Bonchev–Trinajstić information content (AvgIpc) is 1.86. The Morgan fingerprint density at radius 2 is 1.91 bits per heavy atom. The molecule has 0 N–H and O–H groups in total. The van der Waals surface area contributed by atoms with Gasteiger partial charge in [-0.2, -0.15) is 0 Å². The van der Waals surface area contributed by atoms with Crippen LogP contribution in [0, 0.1) is 0 Å². The molecule has 0 saturated carbocycles. The van der Waals surface area contributed by atoms with Crippen LogP contribution in [0.2, 0.25) is 0 Å². The molecule has 0 amide bonds. The number of thiocarbonyl (C=S) groups is 2. The number of likely N-dealkylation sites (N-methyl/N-ethyl adjacent to an activating group) is 1. The minimum Gasteiger partial charge on any atom is -0.370 e. The Balaban J connectivity index is 4.55. The van der Waals surface area contributed by atoms with Crippen molar-refractivity contribution in [3.8, 4) is 0 Å². The Kier molecular flexibility index (Phi) is 3.79. The van der Waals surface area contributed by atoms with Crippen molar-refractivity contribution in [2.75, 3.05) is 14.1 Å². The van der Waals surface area contributed by atoms with Crippen molar-refractivity contribution >= 4 is 34.6 Å². The maximum atomic E-state index is 5.13. The van der Waals surface area contributed by atoms with Gasteiger partial charge in [0.25, 0.3) is 0 Å². The van der Waals surface area contributed by atoms with Crippen LogP contribution >= 0.6 is 24.4 Å². The van der Waals surface area contributed by atoms with Crippen molar-refractivity contribution in [3.05, 3.63) is 0 Å². The van der Waals surface area contributed by atoms with Crippen LogP contribution in [-0.2, 0) is 0 Å². The summed E-state index contributed by atoms with van der Waals surface area (Å²) in [5.41, 5.74) is -0.402. The van der Waals surface area contributed by atoms with Gasteiger partial charge in [0.1, 0.15) is 10.5 Å². The molecule has 0 fully saturated rings. The zero-order valence-electron chi connectivity index (χ0n) is 7.21. The van der Waals surface area contributed by atoms with Gasteiger partial charge < -0.3 is 4.90 Å². The van der Waals surface area contributed by atoms with Gasteiger partial charge in [0, 0.05) is 14.1 Å². The van der Waals surface area contributed by atoms with E-state index in [0.29, 0.717) is 0 Å². The monoisotopic (exact) mass is 188 g/mol. The van der Waals surface area contributed by atoms with Gasteiger partial charge in [0.15, 0.2) is 0 Å². The Morgan fingerprint density at radius 1 is 1.45 bits per heavy atom. The summed E-state index contributed by atoms with van der Waals surface area (Å²) >= 11 is 9.64. The first-order chi connectivity index (χ1) is 4.91. The van der Waals surface area contributed by atoms with E-state index in [1.165, 1.54) is 0 Å². The largest absolute Gasteiger partial charge is 0.370 e. The third kappa shape index (κ3) is 3.06. The van der Waals surface area contributed by atoms with Gasteiger partial charge in [-0.3, -0.25) is 0 Å². The van der Waals surface area contributed by atoms with Crippen LogP contribution in [0.1, 0.15) is 13.8 Å². The zero-order valence-corrected chi connectivity index (χ0v) is 8.84. The van der Waals surface area contributed by atoms with Crippen LogP contribution < -0.4 is 0 Å². The van der Waals surface area contributed by atoms with E-state index in [1.54, 1.807) is 0 Å². The molecule has 2 nitrogen and oxygen atoms in total. The molecule has 62 valence electrons. The second-order valence-electron chi connectivity index (χ2n) is 2.96. The smallest absolute Gasteiger partial charge is 0.115 e. The average molecular weight is 188 g/mol. The molecule has 0 unspecified atom stereocenters. The fourth-order valence-corrected chi connectivity index (χ4v) is 0.983. The highest BCUT2D eigenvalue weighted by molar-refractivity contribution is 7.80. The molecule has 0 bridgehead atoms. The Labute approximate surface area is 78.3 Å². The predicted molar refractivity (Wildman–Crippen MR) is 55.4 cm³/mol. The lowest BCUT2D eigenvalue weighted by Crippen LogP contribution is -2.38. The van der Waals surface area contributed by atoms with Crippen molar-refractivity contribution in [3.63, 3.8) is 0 Å². The summed E-state index contributed by atoms with van der Waals surface area (Å²) in [5, 5.41) is 2.34. The summed E-state index contributed by atoms with van der Waals surface area (Å²) in [6.07, 6.45) is 0. The molecule has 0 aliphatic heterocycles. The molecular formula is C7H12N2S2. The highest BCUT2D eigenvalue weighted by Gasteiger charge is 2.23. The van der Waals surface area contributed by atoms with E-state index in [4.69, 9.17) is 12.2 Å². The molecule has 11 heavy (non-hydrogen) atoms. The van der Waals surface area contributed by atoms with Gasteiger partial charge in [-0.1, -0.05) is 12.2 Å². The summed E-state index contributed by atoms with van der Waals surface area (Å²) < 4.78 is 0. The SMILES string of the molecule is CN(C)C(=S)C(C)(C)N=C=S. The molecular weight excluding hydrogens is 176 g/mol. The number of isothiocyanates is 1. The molecule has 0 rings (SSSR count). The quantitative estimate of drug-likeness (QED) is 0.485. The normalized spacial score (nSPS) is 10.2. The summed E-state index contributed by atoms with van der Waals surface area (Å²) in [6, 6.07) is 0. The number of hydrogen-bond donors (Lipinski definition) is 0. The van der Waals surface area contributed by atoms with Crippen molar-refractivity contribution in [1.29, 1.82) is 0 Å². The fraction of sp³-hybridized carbons (Fsp3) is 0.714. The molecule has 0 aliphatic carbocycles. The molecule has 0 aromatic rings. The van der Waals surface area contributed by atoms with E-state index in [-0.39, 0.29) is 0 Å². The van der Waals surface area contributed by atoms with Crippen molar-refractivity contribution in [2.45, 2.75) is 19.4 Å². The topological polar surface area (TPSA) is 15.6 Å². The van der Waals surface area contributed by atoms with E-state index in [1.807, 2.05) is 32.8 Å². The zero-order chi connectivity index (χ0) is 9.07. The maximum absolute atomic E-state index is 5.13. The van der Waals surface area contributed by atoms with Crippen molar-refractivity contribution < 1.29 is 0 Å². The standard InChI is InChI=1S/C7H12N2S2/c1-7(2,8-5-10)6(11)9(3)4/h1-4H3. The third-order valence-corrected chi connectivity index (χ3v) is 2.21. The lowest BCUT2D eigenvalue weighted by Gasteiger charge is -2.25. The Bertz CT molecular complexity index is 202. The third-order valence-electron chi connectivity index (χ3n) is 1.25. The van der Waals surface area contributed by atoms with Gasteiger partial charge >= 0.3 is 0 Å². The molecule has 0 aromatic heterocycles. The molecule has 0 saturated heterocycles. The van der Waals surface area contributed by atoms with Crippen LogP contribution in [0.25, 0.3) is 0 Å². The molecule has 0 heterocycles. The highest BCUT2D eigenvalue weighted by atomic mass is 32.1. The van der Waals surface area contributed by atoms with Crippen LogP contribution in [0.3, 0.4) is 0 Å². The lowest BCUT2D eigenvalue weighted by atomic mass is 10.1. The van der Waals surface area contributed by atoms with E-state index in [9.17, 15) is 0 Å². The minimum atomic E-state index is -0.402.